The van der Waals surface area contributed by atoms with E-state index < -0.39 is 0 Å². The van der Waals surface area contributed by atoms with Gasteiger partial charge in [-0.1, -0.05) is 0 Å². The average molecular weight is 383 g/mol. The van der Waals surface area contributed by atoms with Crippen LogP contribution < -0.4 is 13.7 Å². The van der Waals surface area contributed by atoms with Crippen LogP contribution in [0.4, 0.5) is 0 Å². The van der Waals surface area contributed by atoms with Gasteiger partial charge < -0.3 is 0 Å². The second-order valence-electron chi connectivity index (χ2n) is 4.15. The van der Waals surface area contributed by atoms with Crippen LogP contribution in [0.3, 0.4) is 0 Å². The Morgan fingerprint density at radius 3 is 2.45 bits per heavy atom. The first kappa shape index (κ1) is 14.9. The molecule has 0 bridgehead atoms. The summed E-state index contributed by atoms with van der Waals surface area (Å²) in [6, 6.07) is 17.5. The quantitative estimate of drug-likeness (QED) is 0.612. The first-order valence-corrected chi connectivity index (χ1v) is 9.21. The molecule has 0 radical (unpaired) electrons. The van der Waals surface area contributed by atoms with Crippen LogP contribution in [0.1, 0.15) is 10.4 Å². The summed E-state index contributed by atoms with van der Waals surface area (Å²) in [6.07, 6.45) is 0. The van der Waals surface area contributed by atoms with Crippen molar-refractivity contribution in [2.75, 3.05) is 13.7 Å². The van der Waals surface area contributed by atoms with Crippen molar-refractivity contribution in [2.24, 2.45) is 0 Å². The SMILES string of the molecule is COc1ccc([Te]CCNC(=O)c2ccccc2)cc1. The minimum absolute atomic E-state index is 0.00722. The van der Waals surface area contributed by atoms with Crippen LogP contribution in [0.5, 0.6) is 5.75 Å². The Morgan fingerprint density at radius 1 is 1.10 bits per heavy atom. The van der Waals surface area contributed by atoms with E-state index in [1.165, 1.54) is 3.61 Å². The molecule has 104 valence electrons. The van der Waals surface area contributed by atoms with Crippen LogP contribution >= 0.6 is 0 Å². The van der Waals surface area contributed by atoms with E-state index >= 15 is 0 Å². The molecule has 0 aliphatic heterocycles. The number of benzene rings is 2. The van der Waals surface area contributed by atoms with E-state index in [2.05, 4.69) is 17.4 Å². The van der Waals surface area contributed by atoms with Gasteiger partial charge in [-0.05, 0) is 0 Å². The molecule has 0 fully saturated rings. The van der Waals surface area contributed by atoms with Gasteiger partial charge in [0.05, 0.1) is 0 Å². The summed E-state index contributed by atoms with van der Waals surface area (Å²) in [4.78, 5) is 11.8. The van der Waals surface area contributed by atoms with Gasteiger partial charge in [0.25, 0.3) is 0 Å². The number of methoxy groups -OCH3 is 1. The van der Waals surface area contributed by atoms with Gasteiger partial charge in [0, 0.05) is 0 Å². The molecule has 1 N–H and O–H groups in total. The summed E-state index contributed by atoms with van der Waals surface area (Å²) < 4.78 is 7.56. The van der Waals surface area contributed by atoms with Gasteiger partial charge in [0.1, 0.15) is 0 Å². The first-order valence-electron chi connectivity index (χ1n) is 6.39. The fourth-order valence-electron chi connectivity index (χ4n) is 1.70. The van der Waals surface area contributed by atoms with E-state index in [-0.39, 0.29) is 26.8 Å². The Bertz CT molecular complexity index is 540. The molecule has 20 heavy (non-hydrogen) atoms. The molecular weight excluding hydrogens is 366 g/mol. The van der Waals surface area contributed by atoms with Gasteiger partial charge in [-0.15, -0.1) is 0 Å². The van der Waals surface area contributed by atoms with Gasteiger partial charge in [0.15, 0.2) is 0 Å². The summed E-state index contributed by atoms with van der Waals surface area (Å²) in [5, 5.41) is 2.96. The molecule has 2 aromatic rings. The fourth-order valence-corrected chi connectivity index (χ4v) is 3.89. The van der Waals surface area contributed by atoms with E-state index in [9.17, 15) is 4.79 Å². The second-order valence-corrected chi connectivity index (χ2v) is 7.48. The molecule has 0 spiro atoms. The number of rotatable bonds is 6. The van der Waals surface area contributed by atoms with Crippen molar-refractivity contribution >= 4 is 30.4 Å². The van der Waals surface area contributed by atoms with Crippen molar-refractivity contribution in [1.29, 1.82) is 0 Å². The third kappa shape index (κ3) is 4.55. The molecule has 0 saturated carbocycles. The molecule has 3 nitrogen and oxygen atoms in total. The Balaban J connectivity index is 1.72. The number of ether oxygens (including phenoxy) is 1. The van der Waals surface area contributed by atoms with Crippen LogP contribution in [0.25, 0.3) is 0 Å². The van der Waals surface area contributed by atoms with Crippen molar-refractivity contribution in [3.8, 4) is 5.75 Å². The van der Waals surface area contributed by atoms with E-state index in [4.69, 9.17) is 4.74 Å². The minimum atomic E-state index is -0.247. The summed E-state index contributed by atoms with van der Waals surface area (Å²) in [5.41, 5.74) is 0.720. The van der Waals surface area contributed by atoms with E-state index in [1.807, 2.05) is 42.5 Å². The third-order valence-corrected chi connectivity index (χ3v) is 5.65. The zero-order valence-electron chi connectivity index (χ0n) is 11.3. The van der Waals surface area contributed by atoms with Crippen LogP contribution in [0.15, 0.2) is 54.6 Å². The van der Waals surface area contributed by atoms with Crippen molar-refractivity contribution < 1.29 is 9.53 Å². The predicted molar refractivity (Wildman–Crippen MR) is 82.0 cm³/mol. The number of amides is 1. The molecule has 2 rings (SSSR count). The van der Waals surface area contributed by atoms with Crippen molar-refractivity contribution in [3.05, 3.63) is 60.2 Å². The summed E-state index contributed by atoms with van der Waals surface area (Å²) in [7, 11) is 1.67. The molecular formula is C16H17NO2Te. The molecule has 0 aliphatic carbocycles. The molecule has 4 heteroatoms. The molecule has 0 heterocycles. The summed E-state index contributed by atoms with van der Waals surface area (Å²) in [6.45, 7) is 0.738. The first-order chi connectivity index (χ1) is 9.79. The molecule has 0 aliphatic rings. The molecule has 2 aromatic carbocycles. The molecule has 0 atom stereocenters. The normalized spacial score (nSPS) is 10.1. The number of hydrogen-bond acceptors (Lipinski definition) is 2. The zero-order valence-corrected chi connectivity index (χ0v) is 13.7. The maximum atomic E-state index is 11.8. The predicted octanol–water partition coefficient (Wildman–Crippen LogP) is 1.87. The average Bonchev–Trinajstić information content (AvgIpc) is 2.53. The summed E-state index contributed by atoms with van der Waals surface area (Å²) in [5.74, 6) is 0.895. The number of carbonyl (C=O) groups is 1. The van der Waals surface area contributed by atoms with Gasteiger partial charge in [-0.2, -0.15) is 0 Å². The van der Waals surface area contributed by atoms with Crippen LogP contribution in [-0.2, 0) is 0 Å². The second kappa shape index (κ2) is 7.94. The number of hydrogen-bond donors (Lipinski definition) is 1. The number of nitrogens with one attached hydrogen (secondary N) is 1. The van der Waals surface area contributed by atoms with Crippen molar-refractivity contribution in [3.63, 3.8) is 0 Å². The van der Waals surface area contributed by atoms with Crippen LogP contribution in [0, 0.1) is 0 Å². The van der Waals surface area contributed by atoms with Gasteiger partial charge in [-0.25, -0.2) is 0 Å². The van der Waals surface area contributed by atoms with Crippen molar-refractivity contribution in [1.82, 2.24) is 5.32 Å². The Morgan fingerprint density at radius 2 is 1.80 bits per heavy atom. The molecule has 0 aromatic heterocycles. The standard InChI is InChI=1S/C16H17NO2Te/c1-19-14-7-9-15(10-8-14)20-12-11-17-16(18)13-5-3-2-4-6-13/h2-10H,11-12H2,1H3,(H,17,18). The Labute approximate surface area is 129 Å². The third-order valence-electron chi connectivity index (χ3n) is 2.75. The molecule has 0 unspecified atom stereocenters. The van der Waals surface area contributed by atoms with E-state index in [0.717, 1.165) is 22.3 Å². The van der Waals surface area contributed by atoms with E-state index in [0.29, 0.717) is 0 Å². The topological polar surface area (TPSA) is 38.3 Å². The fraction of sp³-hybridized carbons (Fsp3) is 0.188. The zero-order chi connectivity index (χ0) is 14.2. The van der Waals surface area contributed by atoms with E-state index in [1.54, 1.807) is 7.11 Å². The van der Waals surface area contributed by atoms with Crippen molar-refractivity contribution in [2.45, 2.75) is 4.47 Å². The molecule has 1 amide bonds. The van der Waals surface area contributed by atoms with Gasteiger partial charge >= 0.3 is 129 Å². The van der Waals surface area contributed by atoms with Crippen LogP contribution in [-0.4, -0.2) is 40.5 Å². The van der Waals surface area contributed by atoms with Crippen LogP contribution in [0.2, 0.25) is 4.47 Å². The monoisotopic (exact) mass is 385 g/mol. The Kier molecular flexibility index (Phi) is 5.91. The summed E-state index contributed by atoms with van der Waals surface area (Å²) >= 11 is -0.247. The van der Waals surface area contributed by atoms with Gasteiger partial charge in [0.2, 0.25) is 0 Å². The Hall–Kier alpha value is -1.50. The maximum absolute atomic E-state index is 11.8. The molecule has 0 saturated heterocycles. The number of carbonyl (C=O) groups excluding carboxylic acids is 1. The van der Waals surface area contributed by atoms with Gasteiger partial charge in [-0.3, -0.25) is 0 Å².